The van der Waals surface area contributed by atoms with Gasteiger partial charge in [0.2, 0.25) is 10.0 Å². The van der Waals surface area contributed by atoms with Crippen LogP contribution in [0.25, 0.3) is 0 Å². The van der Waals surface area contributed by atoms with Gasteiger partial charge in [-0.25, -0.2) is 8.42 Å². The Labute approximate surface area is 165 Å². The second-order valence-electron chi connectivity index (χ2n) is 7.21. The molecule has 7 heteroatoms. The first kappa shape index (κ1) is 20.0. The Kier molecular flexibility index (Phi) is 6.03. The van der Waals surface area contributed by atoms with Crippen LogP contribution in [0, 0.1) is 5.92 Å². The van der Waals surface area contributed by atoms with Crippen LogP contribution < -0.4 is 0 Å². The standard InChI is InChI=1S/C20H26N2O3S2/c1-4-21(13-15(2)3)20(23)19-18(10-12-26-19)27(24,25)22-11-9-16-7-5-6-8-17(16)14-22/h5-8,10,12,15H,4,9,11,13-14H2,1-3H3. The van der Waals surface area contributed by atoms with Crippen molar-refractivity contribution in [3.8, 4) is 0 Å². The zero-order valence-electron chi connectivity index (χ0n) is 16.0. The Bertz CT molecular complexity index is 919. The lowest BCUT2D eigenvalue weighted by Crippen LogP contribution is -2.38. The minimum atomic E-state index is -3.71. The van der Waals surface area contributed by atoms with Crippen molar-refractivity contribution in [1.82, 2.24) is 9.21 Å². The molecule has 1 aromatic carbocycles. The lowest BCUT2D eigenvalue weighted by atomic mass is 10.0. The molecular weight excluding hydrogens is 380 g/mol. The first-order valence-corrected chi connectivity index (χ1v) is 11.6. The number of sulfonamides is 1. The lowest BCUT2D eigenvalue weighted by molar-refractivity contribution is 0.0747. The molecule has 1 aromatic heterocycles. The van der Waals surface area contributed by atoms with Gasteiger partial charge in [-0.3, -0.25) is 4.79 Å². The van der Waals surface area contributed by atoms with Crippen LogP contribution in [0.3, 0.4) is 0 Å². The van der Waals surface area contributed by atoms with Crippen LogP contribution in [0.1, 0.15) is 41.6 Å². The van der Waals surface area contributed by atoms with Gasteiger partial charge in [-0.15, -0.1) is 11.3 Å². The number of fused-ring (bicyclic) bond motifs is 1. The average molecular weight is 407 g/mol. The molecule has 0 spiro atoms. The summed E-state index contributed by atoms with van der Waals surface area (Å²) in [6.07, 6.45) is 0.692. The molecule has 0 radical (unpaired) electrons. The third-order valence-corrected chi connectivity index (χ3v) is 7.71. The van der Waals surface area contributed by atoms with Gasteiger partial charge in [-0.2, -0.15) is 4.31 Å². The molecule has 2 heterocycles. The number of rotatable bonds is 6. The molecule has 0 aliphatic carbocycles. The first-order chi connectivity index (χ1) is 12.8. The van der Waals surface area contributed by atoms with E-state index in [1.54, 1.807) is 16.3 Å². The van der Waals surface area contributed by atoms with Crippen molar-refractivity contribution >= 4 is 27.3 Å². The molecule has 5 nitrogen and oxygen atoms in total. The van der Waals surface area contributed by atoms with E-state index in [0.29, 0.717) is 43.4 Å². The second kappa shape index (κ2) is 8.12. The van der Waals surface area contributed by atoms with Gasteiger partial charge in [0.25, 0.3) is 5.91 Å². The van der Waals surface area contributed by atoms with Gasteiger partial charge in [0.1, 0.15) is 9.77 Å². The smallest absolute Gasteiger partial charge is 0.265 e. The molecule has 0 saturated heterocycles. The monoisotopic (exact) mass is 406 g/mol. The third kappa shape index (κ3) is 4.10. The number of carbonyl (C=O) groups excluding carboxylic acids is 1. The highest BCUT2D eigenvalue weighted by Gasteiger charge is 2.33. The van der Waals surface area contributed by atoms with Crippen molar-refractivity contribution < 1.29 is 13.2 Å². The summed E-state index contributed by atoms with van der Waals surface area (Å²) in [5.74, 6) is 0.129. The Hall–Kier alpha value is -1.70. The number of benzene rings is 1. The Balaban J connectivity index is 1.89. The van der Waals surface area contributed by atoms with Crippen molar-refractivity contribution in [2.24, 2.45) is 5.92 Å². The van der Waals surface area contributed by atoms with Crippen LogP contribution in [0.15, 0.2) is 40.6 Å². The molecule has 0 saturated carbocycles. The number of carbonyl (C=O) groups is 1. The maximum Gasteiger partial charge on any atom is 0.265 e. The largest absolute Gasteiger partial charge is 0.338 e. The van der Waals surface area contributed by atoms with E-state index in [1.165, 1.54) is 21.2 Å². The molecule has 0 atom stereocenters. The summed E-state index contributed by atoms with van der Waals surface area (Å²) in [5, 5.41) is 1.70. The van der Waals surface area contributed by atoms with Crippen molar-refractivity contribution in [2.45, 2.75) is 38.6 Å². The van der Waals surface area contributed by atoms with Crippen molar-refractivity contribution in [2.75, 3.05) is 19.6 Å². The summed E-state index contributed by atoms with van der Waals surface area (Å²) in [7, 11) is -3.71. The number of amides is 1. The maximum atomic E-state index is 13.3. The minimum absolute atomic E-state index is 0.138. The zero-order chi connectivity index (χ0) is 19.6. The Morgan fingerprint density at radius 3 is 2.59 bits per heavy atom. The molecule has 0 N–H and O–H groups in total. The van der Waals surface area contributed by atoms with Gasteiger partial charge < -0.3 is 4.90 Å². The maximum absolute atomic E-state index is 13.3. The molecule has 0 bridgehead atoms. The van der Waals surface area contributed by atoms with Gasteiger partial charge >= 0.3 is 0 Å². The second-order valence-corrected chi connectivity index (χ2v) is 10.0. The fourth-order valence-electron chi connectivity index (χ4n) is 3.41. The fraction of sp³-hybridized carbons (Fsp3) is 0.450. The van der Waals surface area contributed by atoms with E-state index in [-0.39, 0.29) is 10.8 Å². The van der Waals surface area contributed by atoms with E-state index < -0.39 is 10.0 Å². The summed E-state index contributed by atoms with van der Waals surface area (Å²) >= 11 is 1.21. The summed E-state index contributed by atoms with van der Waals surface area (Å²) < 4.78 is 28.0. The van der Waals surface area contributed by atoms with E-state index in [9.17, 15) is 13.2 Å². The highest BCUT2D eigenvalue weighted by molar-refractivity contribution is 7.89. The summed E-state index contributed by atoms with van der Waals surface area (Å²) in [5.41, 5.74) is 2.23. The van der Waals surface area contributed by atoms with Gasteiger partial charge in [0.05, 0.1) is 0 Å². The van der Waals surface area contributed by atoms with Crippen LogP contribution in [0.2, 0.25) is 0 Å². The SMILES string of the molecule is CCN(CC(C)C)C(=O)c1sccc1S(=O)(=O)N1CCc2ccccc2C1. The average Bonchev–Trinajstić information content (AvgIpc) is 3.15. The van der Waals surface area contributed by atoms with Crippen molar-refractivity contribution in [3.05, 3.63) is 51.7 Å². The van der Waals surface area contributed by atoms with Crippen molar-refractivity contribution in [1.29, 1.82) is 0 Å². The predicted octanol–water partition coefficient (Wildman–Crippen LogP) is 3.61. The molecule has 3 rings (SSSR count). The highest BCUT2D eigenvalue weighted by atomic mass is 32.2. The van der Waals surface area contributed by atoms with Gasteiger partial charge in [0.15, 0.2) is 0 Å². The molecule has 146 valence electrons. The third-order valence-electron chi connectivity index (χ3n) is 4.79. The Morgan fingerprint density at radius 2 is 1.93 bits per heavy atom. The van der Waals surface area contributed by atoms with Crippen LogP contribution in [-0.2, 0) is 23.0 Å². The molecule has 1 amide bonds. The van der Waals surface area contributed by atoms with Crippen LogP contribution in [-0.4, -0.2) is 43.2 Å². The summed E-state index contributed by atoms with van der Waals surface area (Å²) in [4.78, 5) is 15.2. The number of hydrogen-bond donors (Lipinski definition) is 0. The van der Waals surface area contributed by atoms with E-state index in [2.05, 4.69) is 0 Å². The molecule has 2 aromatic rings. The number of thiophene rings is 1. The fourth-order valence-corrected chi connectivity index (χ4v) is 6.19. The number of hydrogen-bond acceptors (Lipinski definition) is 4. The normalized spacial score (nSPS) is 15.0. The highest BCUT2D eigenvalue weighted by Crippen LogP contribution is 2.30. The predicted molar refractivity (Wildman–Crippen MR) is 108 cm³/mol. The van der Waals surface area contributed by atoms with Gasteiger partial charge in [0, 0.05) is 26.2 Å². The van der Waals surface area contributed by atoms with Crippen molar-refractivity contribution in [3.63, 3.8) is 0 Å². The molecular formula is C20H26N2O3S2. The molecule has 0 fully saturated rings. The Morgan fingerprint density at radius 1 is 1.22 bits per heavy atom. The van der Waals surface area contributed by atoms with E-state index in [1.807, 2.05) is 45.0 Å². The minimum Gasteiger partial charge on any atom is -0.338 e. The quantitative estimate of drug-likeness (QED) is 0.736. The van der Waals surface area contributed by atoms with Gasteiger partial charge in [-0.05, 0) is 41.8 Å². The lowest BCUT2D eigenvalue weighted by Gasteiger charge is -2.28. The van der Waals surface area contributed by atoms with Crippen LogP contribution >= 0.6 is 11.3 Å². The molecule has 0 unspecified atom stereocenters. The van der Waals surface area contributed by atoms with Crippen LogP contribution in [0.5, 0.6) is 0 Å². The molecule has 1 aliphatic heterocycles. The van der Waals surface area contributed by atoms with Gasteiger partial charge in [-0.1, -0.05) is 38.1 Å². The first-order valence-electron chi connectivity index (χ1n) is 9.28. The van der Waals surface area contributed by atoms with E-state index in [0.717, 1.165) is 5.56 Å². The molecule has 27 heavy (non-hydrogen) atoms. The zero-order valence-corrected chi connectivity index (χ0v) is 17.6. The summed E-state index contributed by atoms with van der Waals surface area (Å²) in [6, 6.07) is 9.49. The molecule has 1 aliphatic rings. The van der Waals surface area contributed by atoms with E-state index in [4.69, 9.17) is 0 Å². The number of nitrogens with zero attached hydrogens (tertiary/aromatic N) is 2. The van der Waals surface area contributed by atoms with E-state index >= 15 is 0 Å². The summed E-state index contributed by atoms with van der Waals surface area (Å²) in [6.45, 7) is 7.98. The van der Waals surface area contributed by atoms with Crippen LogP contribution in [0.4, 0.5) is 0 Å². The topological polar surface area (TPSA) is 57.7 Å².